The molecule has 2 atom stereocenters. The zero-order valence-electron chi connectivity index (χ0n) is 19.7. The molecule has 0 aliphatic heterocycles. The van der Waals surface area contributed by atoms with Crippen LogP contribution in [0.5, 0.6) is 11.5 Å². The van der Waals surface area contributed by atoms with Crippen LogP contribution in [-0.2, 0) is 22.7 Å². The molecule has 0 radical (unpaired) electrons. The Morgan fingerprint density at radius 3 is 2.44 bits per heavy atom. The van der Waals surface area contributed by atoms with Gasteiger partial charge in [-0.05, 0) is 29.7 Å². The number of rotatable bonds is 10. The third kappa shape index (κ3) is 5.69. The van der Waals surface area contributed by atoms with Crippen LogP contribution in [0.25, 0.3) is 10.9 Å². The minimum absolute atomic E-state index is 0.107. The molecule has 3 aromatic rings. The first-order chi connectivity index (χ1) is 16.4. The zero-order valence-corrected chi connectivity index (χ0v) is 19.7. The number of pyridine rings is 1. The number of carbonyl (C=O) groups excluding carboxylic acids is 2. The third-order valence-corrected chi connectivity index (χ3v) is 5.67. The summed E-state index contributed by atoms with van der Waals surface area (Å²) in [5.74, 6) is -0.0247. The second-order valence-electron chi connectivity index (χ2n) is 7.91. The molecule has 34 heavy (non-hydrogen) atoms. The summed E-state index contributed by atoms with van der Waals surface area (Å²) in [5.41, 5.74) is 0.925. The van der Waals surface area contributed by atoms with Gasteiger partial charge in [-0.15, -0.1) is 0 Å². The monoisotopic (exact) mass is 467 g/mol. The number of benzene rings is 1. The van der Waals surface area contributed by atoms with Gasteiger partial charge < -0.3 is 20.1 Å². The van der Waals surface area contributed by atoms with Gasteiger partial charge in [-0.2, -0.15) is 0 Å². The Kier molecular flexibility index (Phi) is 8.18. The van der Waals surface area contributed by atoms with Crippen LogP contribution in [0.15, 0.2) is 47.8 Å². The zero-order chi connectivity index (χ0) is 24.7. The van der Waals surface area contributed by atoms with Crippen molar-refractivity contribution >= 4 is 22.7 Å². The molecule has 1 unspecified atom stereocenters. The molecule has 0 saturated carbocycles. The van der Waals surface area contributed by atoms with Crippen molar-refractivity contribution < 1.29 is 19.1 Å². The van der Waals surface area contributed by atoms with E-state index in [1.807, 2.05) is 13.8 Å². The molecule has 0 fully saturated rings. The molecule has 2 N–H and O–H groups in total. The number of hydrogen-bond donors (Lipinski definition) is 2. The third-order valence-electron chi connectivity index (χ3n) is 5.67. The molecule has 3 rings (SSSR count). The Balaban J connectivity index is 1.75. The number of aromatic nitrogens is 3. The first kappa shape index (κ1) is 24.7. The average Bonchev–Trinajstić information content (AvgIpc) is 2.87. The molecular formula is C24H29N5O5. The summed E-state index contributed by atoms with van der Waals surface area (Å²) in [6, 6.07) is 6.01. The van der Waals surface area contributed by atoms with Crippen LogP contribution in [0, 0.1) is 5.92 Å². The minimum atomic E-state index is -0.743. The van der Waals surface area contributed by atoms with Crippen molar-refractivity contribution in [3.05, 3.63) is 58.9 Å². The van der Waals surface area contributed by atoms with Crippen LogP contribution in [0.2, 0.25) is 0 Å². The maximum absolute atomic E-state index is 13.0. The van der Waals surface area contributed by atoms with E-state index >= 15 is 0 Å². The molecule has 10 nitrogen and oxygen atoms in total. The highest BCUT2D eigenvalue weighted by Gasteiger charge is 2.26. The highest BCUT2D eigenvalue weighted by atomic mass is 16.5. The Hall–Kier alpha value is -3.95. The van der Waals surface area contributed by atoms with E-state index in [1.165, 1.54) is 31.2 Å². The second kappa shape index (κ2) is 11.3. The van der Waals surface area contributed by atoms with Crippen LogP contribution < -0.4 is 25.7 Å². The van der Waals surface area contributed by atoms with Gasteiger partial charge in [0.15, 0.2) is 11.5 Å². The van der Waals surface area contributed by atoms with Gasteiger partial charge in [0.2, 0.25) is 11.8 Å². The first-order valence-electron chi connectivity index (χ1n) is 10.9. The lowest BCUT2D eigenvalue weighted by molar-refractivity contribution is -0.130. The molecule has 1 aromatic carbocycles. The van der Waals surface area contributed by atoms with Gasteiger partial charge in [-0.25, -0.2) is 4.98 Å². The van der Waals surface area contributed by atoms with Crippen LogP contribution in [0.4, 0.5) is 0 Å². The maximum atomic E-state index is 13.0. The number of methoxy groups -OCH3 is 2. The van der Waals surface area contributed by atoms with E-state index in [9.17, 15) is 14.4 Å². The molecule has 2 aromatic heterocycles. The molecule has 0 aliphatic carbocycles. The number of hydrogen-bond acceptors (Lipinski definition) is 7. The molecule has 10 heteroatoms. The number of amides is 2. The molecule has 0 aliphatic rings. The summed E-state index contributed by atoms with van der Waals surface area (Å²) in [6.07, 6.45) is 5.29. The van der Waals surface area contributed by atoms with Gasteiger partial charge in [-0.3, -0.25) is 23.9 Å². The lowest BCUT2D eigenvalue weighted by atomic mass is 9.98. The highest BCUT2D eigenvalue weighted by molar-refractivity contribution is 5.88. The van der Waals surface area contributed by atoms with Crippen molar-refractivity contribution in [2.24, 2.45) is 5.92 Å². The molecule has 0 spiro atoms. The quantitative estimate of drug-likeness (QED) is 0.465. The summed E-state index contributed by atoms with van der Waals surface area (Å²) in [5, 5.41) is 5.92. The Bertz CT molecular complexity index is 1210. The topological polar surface area (TPSA) is 124 Å². The number of carbonyl (C=O) groups is 2. The molecule has 180 valence electrons. The Morgan fingerprint density at radius 2 is 1.79 bits per heavy atom. The van der Waals surface area contributed by atoms with Crippen molar-refractivity contribution in [1.82, 2.24) is 25.2 Å². The fourth-order valence-corrected chi connectivity index (χ4v) is 3.47. The van der Waals surface area contributed by atoms with Gasteiger partial charge in [0.25, 0.3) is 5.56 Å². The lowest BCUT2D eigenvalue weighted by Crippen LogP contribution is -2.51. The largest absolute Gasteiger partial charge is 0.493 e. The van der Waals surface area contributed by atoms with Crippen LogP contribution >= 0.6 is 0 Å². The first-order valence-corrected chi connectivity index (χ1v) is 10.9. The molecular weight excluding hydrogens is 438 g/mol. The van der Waals surface area contributed by atoms with Crippen molar-refractivity contribution in [3.63, 3.8) is 0 Å². The summed E-state index contributed by atoms with van der Waals surface area (Å²) in [4.78, 5) is 46.8. The van der Waals surface area contributed by atoms with Crippen molar-refractivity contribution in [2.45, 2.75) is 39.4 Å². The Labute approximate surface area is 197 Å². The van der Waals surface area contributed by atoms with Crippen LogP contribution in [0.1, 0.15) is 25.8 Å². The number of nitrogens with one attached hydrogen (secondary N) is 2. The van der Waals surface area contributed by atoms with Crippen LogP contribution in [-0.4, -0.2) is 46.6 Å². The number of nitrogens with zero attached hydrogens (tertiary/aromatic N) is 3. The SMILES string of the molecule is CCC(C)[C@H](NC(=O)Cn1cnc2cc(OC)c(OC)cc2c1=O)C(=O)NCc1ccncc1. The van der Waals surface area contributed by atoms with E-state index in [0.29, 0.717) is 35.4 Å². The lowest BCUT2D eigenvalue weighted by Gasteiger charge is -2.23. The second-order valence-corrected chi connectivity index (χ2v) is 7.91. The van der Waals surface area contributed by atoms with Gasteiger partial charge in [0, 0.05) is 25.0 Å². The Morgan fingerprint density at radius 1 is 1.12 bits per heavy atom. The normalized spacial score (nSPS) is 12.6. The smallest absolute Gasteiger partial charge is 0.261 e. The molecule has 2 heterocycles. The molecule has 0 bridgehead atoms. The standard InChI is InChI=1S/C24H29N5O5/c1-5-15(2)22(23(31)26-12-16-6-8-25-9-7-16)28-21(30)13-29-14-27-18-11-20(34-4)19(33-3)10-17(18)24(29)32/h6-11,14-15,22H,5,12-13H2,1-4H3,(H,26,31)(H,28,30)/t15?,22-/m0/s1. The predicted molar refractivity (Wildman–Crippen MR) is 127 cm³/mol. The summed E-state index contributed by atoms with van der Waals surface area (Å²) in [6.45, 7) is 3.88. The number of ether oxygens (including phenoxy) is 2. The van der Waals surface area contributed by atoms with E-state index in [0.717, 1.165) is 5.56 Å². The average molecular weight is 468 g/mol. The van der Waals surface area contributed by atoms with E-state index in [2.05, 4.69) is 20.6 Å². The fraction of sp³-hybridized carbons (Fsp3) is 0.375. The predicted octanol–water partition coefficient (Wildman–Crippen LogP) is 1.66. The van der Waals surface area contributed by atoms with Gasteiger partial charge >= 0.3 is 0 Å². The van der Waals surface area contributed by atoms with E-state index in [1.54, 1.807) is 30.6 Å². The van der Waals surface area contributed by atoms with Crippen LogP contribution in [0.3, 0.4) is 0 Å². The highest BCUT2D eigenvalue weighted by Crippen LogP contribution is 2.29. The van der Waals surface area contributed by atoms with Crippen molar-refractivity contribution in [3.8, 4) is 11.5 Å². The maximum Gasteiger partial charge on any atom is 0.261 e. The van der Waals surface area contributed by atoms with Gasteiger partial charge in [-0.1, -0.05) is 20.3 Å². The summed E-state index contributed by atoms with van der Waals surface area (Å²) < 4.78 is 11.7. The minimum Gasteiger partial charge on any atom is -0.493 e. The van der Waals surface area contributed by atoms with Gasteiger partial charge in [0.05, 0.1) is 31.4 Å². The van der Waals surface area contributed by atoms with E-state index in [4.69, 9.17) is 9.47 Å². The van der Waals surface area contributed by atoms with E-state index in [-0.39, 0.29) is 18.4 Å². The number of fused-ring (bicyclic) bond motifs is 1. The molecule has 2 amide bonds. The van der Waals surface area contributed by atoms with E-state index < -0.39 is 17.5 Å². The fourth-order valence-electron chi connectivity index (χ4n) is 3.47. The summed E-state index contributed by atoms with van der Waals surface area (Å²) in [7, 11) is 2.97. The van der Waals surface area contributed by atoms with Crippen molar-refractivity contribution in [1.29, 1.82) is 0 Å². The molecule has 0 saturated heterocycles. The van der Waals surface area contributed by atoms with Crippen molar-refractivity contribution in [2.75, 3.05) is 14.2 Å². The van der Waals surface area contributed by atoms with Gasteiger partial charge in [0.1, 0.15) is 12.6 Å². The summed E-state index contributed by atoms with van der Waals surface area (Å²) >= 11 is 0.